The first-order valence-electron chi connectivity index (χ1n) is 11.0. The normalized spacial score (nSPS) is 17.4. The number of alkyl halides is 3. The molecule has 0 unspecified atom stereocenters. The van der Waals surface area contributed by atoms with Crippen molar-refractivity contribution in [1.82, 2.24) is 19.7 Å². The van der Waals surface area contributed by atoms with Crippen molar-refractivity contribution in [3.05, 3.63) is 82.4 Å². The quantitative estimate of drug-likeness (QED) is 0.376. The molecule has 0 aliphatic carbocycles. The molecule has 0 saturated carbocycles. The van der Waals surface area contributed by atoms with Gasteiger partial charge < -0.3 is 20.3 Å². The van der Waals surface area contributed by atoms with Gasteiger partial charge in [-0.2, -0.15) is 13.2 Å². The van der Waals surface area contributed by atoms with Crippen LogP contribution in [0.25, 0.3) is 0 Å². The summed E-state index contributed by atoms with van der Waals surface area (Å²) in [5, 5.41) is 17.8. The first kappa shape index (κ1) is 26.5. The van der Waals surface area contributed by atoms with Crippen LogP contribution in [-0.4, -0.2) is 43.3 Å². The highest BCUT2D eigenvalue weighted by Gasteiger charge is 2.45. The van der Waals surface area contributed by atoms with E-state index < -0.39 is 65.8 Å². The molecule has 0 saturated heterocycles. The first-order chi connectivity index (χ1) is 17.4. The minimum absolute atomic E-state index is 0.0994. The van der Waals surface area contributed by atoms with E-state index in [4.69, 9.17) is 5.73 Å². The topological polar surface area (TPSA) is 97.3 Å². The zero-order valence-electron chi connectivity index (χ0n) is 18.9. The number of rotatable bonds is 6. The van der Waals surface area contributed by atoms with E-state index in [0.717, 1.165) is 21.6 Å². The second-order valence-corrected chi connectivity index (χ2v) is 8.59. The fraction of sp³-hybridized carbons (Fsp3) is 0.348. The van der Waals surface area contributed by atoms with Gasteiger partial charge in [-0.3, -0.25) is 4.79 Å². The lowest BCUT2D eigenvalue weighted by Crippen LogP contribution is -2.47. The number of aliphatic hydroxyl groups excluding tert-OH is 1. The molecule has 0 spiro atoms. The molecule has 0 bridgehead atoms. The number of aromatic nitrogens is 3. The van der Waals surface area contributed by atoms with Gasteiger partial charge in [0.05, 0.1) is 0 Å². The molecule has 2 aromatic carbocycles. The zero-order valence-corrected chi connectivity index (χ0v) is 18.9. The van der Waals surface area contributed by atoms with Crippen molar-refractivity contribution in [2.75, 3.05) is 6.54 Å². The highest BCUT2D eigenvalue weighted by Crippen LogP contribution is 2.39. The minimum atomic E-state index is -4.85. The van der Waals surface area contributed by atoms with Gasteiger partial charge in [-0.25, -0.2) is 17.6 Å². The van der Waals surface area contributed by atoms with Gasteiger partial charge in [0.2, 0.25) is 11.7 Å². The van der Waals surface area contributed by atoms with Crippen LogP contribution in [0.5, 0.6) is 0 Å². The second kappa shape index (κ2) is 10.1. The number of nitrogens with zero attached hydrogens (tertiary/aromatic N) is 4. The Hall–Kier alpha value is -3.52. The Morgan fingerprint density at radius 2 is 1.68 bits per heavy atom. The number of fused-ring (bicyclic) bond motifs is 1. The van der Waals surface area contributed by atoms with Gasteiger partial charge in [0.1, 0.15) is 23.8 Å². The van der Waals surface area contributed by atoms with Gasteiger partial charge in [-0.15, -0.1) is 10.2 Å². The van der Waals surface area contributed by atoms with Gasteiger partial charge in [0.15, 0.2) is 17.5 Å². The predicted octanol–water partition coefficient (Wildman–Crippen LogP) is 3.43. The summed E-state index contributed by atoms with van der Waals surface area (Å²) in [6.45, 7) is -0.634. The molecule has 7 nitrogen and oxygen atoms in total. The number of nitrogens with two attached hydrogens (primary N) is 1. The van der Waals surface area contributed by atoms with Crippen LogP contribution in [0.2, 0.25) is 0 Å². The standard InChI is InChI=1S/C23H20F7N5O2/c24-13-3-1-11(2-4-13)20(37)19-21-32-33-22(23(28,29)30)35(21)6-5-34(19)18(36)9-14(31)7-12-8-16(26)17(27)10-15(12)25/h1-4,8,10,14,19-20,37H,5-7,9,31H2/t14-,19-,20+/m1/s1. The molecule has 198 valence electrons. The average molecular weight is 531 g/mol. The van der Waals surface area contributed by atoms with Crippen LogP contribution in [0.4, 0.5) is 30.7 Å². The molecule has 2 heterocycles. The third-order valence-electron chi connectivity index (χ3n) is 6.04. The van der Waals surface area contributed by atoms with Crippen LogP contribution in [0.15, 0.2) is 36.4 Å². The molecule has 1 aliphatic rings. The number of carbonyl (C=O) groups is 1. The van der Waals surface area contributed by atoms with Crippen LogP contribution >= 0.6 is 0 Å². The Labute approximate surface area is 205 Å². The van der Waals surface area contributed by atoms with Crippen molar-refractivity contribution in [2.45, 2.75) is 43.8 Å². The van der Waals surface area contributed by atoms with Gasteiger partial charge in [-0.05, 0) is 35.7 Å². The minimum Gasteiger partial charge on any atom is -0.386 e. The highest BCUT2D eigenvalue weighted by atomic mass is 19.4. The van der Waals surface area contributed by atoms with Crippen molar-refractivity contribution in [2.24, 2.45) is 5.73 Å². The summed E-state index contributed by atoms with van der Waals surface area (Å²) in [4.78, 5) is 14.3. The van der Waals surface area contributed by atoms with Crippen molar-refractivity contribution >= 4 is 5.91 Å². The average Bonchev–Trinajstić information content (AvgIpc) is 3.27. The van der Waals surface area contributed by atoms with E-state index in [1.54, 1.807) is 0 Å². The molecule has 1 aliphatic heterocycles. The molecule has 37 heavy (non-hydrogen) atoms. The highest BCUT2D eigenvalue weighted by molar-refractivity contribution is 5.77. The summed E-state index contributed by atoms with van der Waals surface area (Å²) in [5.74, 6) is -6.74. The van der Waals surface area contributed by atoms with E-state index in [-0.39, 0.29) is 36.5 Å². The predicted molar refractivity (Wildman–Crippen MR) is 113 cm³/mol. The van der Waals surface area contributed by atoms with Crippen LogP contribution < -0.4 is 5.73 Å². The molecule has 0 fully saturated rings. The number of amides is 1. The number of benzene rings is 2. The summed E-state index contributed by atoms with van der Waals surface area (Å²) in [5.41, 5.74) is 5.79. The maximum atomic E-state index is 14.0. The number of aliphatic hydroxyl groups is 1. The number of halogens is 7. The maximum absolute atomic E-state index is 14.0. The van der Waals surface area contributed by atoms with E-state index in [0.29, 0.717) is 12.1 Å². The molecule has 1 aromatic heterocycles. The van der Waals surface area contributed by atoms with Crippen molar-refractivity contribution < 1.29 is 40.6 Å². The second-order valence-electron chi connectivity index (χ2n) is 8.59. The summed E-state index contributed by atoms with van der Waals surface area (Å²) in [6.07, 6.45) is -7.28. The maximum Gasteiger partial charge on any atom is 0.451 e. The molecule has 3 aromatic rings. The van der Waals surface area contributed by atoms with Crippen molar-refractivity contribution in [3.63, 3.8) is 0 Å². The number of hydrogen-bond acceptors (Lipinski definition) is 5. The molecule has 3 N–H and O–H groups in total. The Bertz CT molecular complexity index is 1300. The van der Waals surface area contributed by atoms with Crippen LogP contribution in [0.3, 0.4) is 0 Å². The van der Waals surface area contributed by atoms with Gasteiger partial charge in [-0.1, -0.05) is 12.1 Å². The molecular formula is C23H20F7N5O2. The molecule has 0 radical (unpaired) electrons. The lowest BCUT2D eigenvalue weighted by Gasteiger charge is -2.39. The van der Waals surface area contributed by atoms with Gasteiger partial charge in [0, 0.05) is 31.6 Å². The largest absolute Gasteiger partial charge is 0.451 e. The fourth-order valence-electron chi connectivity index (χ4n) is 4.30. The van der Waals surface area contributed by atoms with Gasteiger partial charge in [0.25, 0.3) is 0 Å². The molecule has 1 amide bonds. The van der Waals surface area contributed by atoms with Crippen LogP contribution in [0.1, 0.15) is 41.3 Å². The summed E-state index contributed by atoms with van der Waals surface area (Å²) >= 11 is 0. The Morgan fingerprint density at radius 3 is 2.32 bits per heavy atom. The van der Waals surface area contributed by atoms with Crippen LogP contribution in [-0.2, 0) is 23.9 Å². The van der Waals surface area contributed by atoms with Crippen molar-refractivity contribution in [1.29, 1.82) is 0 Å². The first-order valence-corrected chi connectivity index (χ1v) is 11.0. The Morgan fingerprint density at radius 1 is 1.03 bits per heavy atom. The number of hydrogen-bond donors (Lipinski definition) is 2. The lowest BCUT2D eigenvalue weighted by atomic mass is 9.97. The van der Waals surface area contributed by atoms with E-state index >= 15 is 0 Å². The fourth-order valence-corrected chi connectivity index (χ4v) is 4.30. The number of carbonyl (C=O) groups excluding carboxylic acids is 1. The van der Waals surface area contributed by atoms with E-state index in [1.807, 2.05) is 0 Å². The molecule has 3 atom stereocenters. The molecule has 4 rings (SSSR count). The third-order valence-corrected chi connectivity index (χ3v) is 6.04. The lowest BCUT2D eigenvalue weighted by molar-refractivity contribution is -0.149. The van der Waals surface area contributed by atoms with Crippen molar-refractivity contribution in [3.8, 4) is 0 Å². The van der Waals surface area contributed by atoms with Gasteiger partial charge >= 0.3 is 6.18 Å². The monoisotopic (exact) mass is 531 g/mol. The zero-order chi connectivity index (χ0) is 27.1. The summed E-state index contributed by atoms with van der Waals surface area (Å²) < 4.78 is 95.1. The third kappa shape index (κ3) is 5.44. The SMILES string of the molecule is N[C@@H](CC(=O)N1CCn2c(nnc2C(F)(F)F)[C@H]1[C@@H](O)c1ccc(F)cc1)Cc1cc(F)c(F)cc1F. The van der Waals surface area contributed by atoms with Crippen LogP contribution in [0, 0.1) is 23.3 Å². The molecule has 14 heteroatoms. The van der Waals surface area contributed by atoms with E-state index in [1.165, 1.54) is 12.1 Å². The van der Waals surface area contributed by atoms with E-state index in [9.17, 15) is 40.6 Å². The Balaban J connectivity index is 1.62. The molecular weight excluding hydrogens is 511 g/mol. The van der Waals surface area contributed by atoms with E-state index in [2.05, 4.69) is 10.2 Å². The summed E-state index contributed by atoms with van der Waals surface area (Å²) in [6, 6.07) is 2.93. The smallest absolute Gasteiger partial charge is 0.386 e. The Kier molecular flexibility index (Phi) is 7.24. The summed E-state index contributed by atoms with van der Waals surface area (Å²) in [7, 11) is 0.